The van der Waals surface area contributed by atoms with Gasteiger partial charge in [0, 0.05) is 23.8 Å². The van der Waals surface area contributed by atoms with E-state index < -0.39 is 17.9 Å². The number of hydrogen-bond acceptors (Lipinski definition) is 6. The zero-order valence-electron chi connectivity index (χ0n) is 18.3. The molecule has 0 amide bonds. The van der Waals surface area contributed by atoms with Crippen molar-refractivity contribution < 1.29 is 19.1 Å². The van der Waals surface area contributed by atoms with Gasteiger partial charge in [0.1, 0.15) is 0 Å². The molecule has 0 unspecified atom stereocenters. The lowest BCUT2D eigenvalue weighted by Gasteiger charge is -2.57. The van der Waals surface area contributed by atoms with Crippen molar-refractivity contribution in [3.63, 3.8) is 0 Å². The minimum atomic E-state index is -0.448. The van der Waals surface area contributed by atoms with Crippen LogP contribution < -0.4 is 0 Å². The molecule has 31 heavy (non-hydrogen) atoms. The molecule has 6 rings (SSSR count). The molecule has 1 aromatic heterocycles. The molecular formula is C25H31NO4S. The highest BCUT2D eigenvalue weighted by Crippen LogP contribution is 2.61. The maximum Gasteiger partial charge on any atom is 0.336 e. The number of methoxy groups -OCH3 is 2. The third-order valence-corrected chi connectivity index (χ3v) is 8.90. The molecule has 0 N–H and O–H groups in total. The van der Waals surface area contributed by atoms with E-state index in [4.69, 9.17) is 9.47 Å². The molecule has 0 radical (unpaired) electrons. The Kier molecular flexibility index (Phi) is 5.45. The predicted octanol–water partition coefficient (Wildman–Crippen LogP) is 4.87. The van der Waals surface area contributed by atoms with Crippen molar-refractivity contribution in [1.82, 2.24) is 4.90 Å². The topological polar surface area (TPSA) is 55.8 Å². The fourth-order valence-corrected chi connectivity index (χ4v) is 8.00. The Labute approximate surface area is 188 Å². The van der Waals surface area contributed by atoms with Crippen LogP contribution in [0.3, 0.4) is 0 Å². The van der Waals surface area contributed by atoms with E-state index in [1.54, 1.807) is 0 Å². The van der Waals surface area contributed by atoms with Gasteiger partial charge in [-0.3, -0.25) is 0 Å². The zero-order chi connectivity index (χ0) is 21.6. The Morgan fingerprint density at radius 2 is 1.55 bits per heavy atom. The van der Waals surface area contributed by atoms with Gasteiger partial charge in [-0.25, -0.2) is 9.59 Å². The summed E-state index contributed by atoms with van der Waals surface area (Å²) in [5.41, 5.74) is 1.44. The van der Waals surface area contributed by atoms with Crippen LogP contribution in [0.1, 0.15) is 55.7 Å². The highest BCUT2D eigenvalue weighted by atomic mass is 32.1. The second-order valence-corrected chi connectivity index (χ2v) is 11.0. The number of nitrogens with zero attached hydrogens (tertiary/aromatic N) is 1. The van der Waals surface area contributed by atoms with Crippen molar-refractivity contribution in [2.45, 2.75) is 50.9 Å². The summed E-state index contributed by atoms with van der Waals surface area (Å²) in [6.45, 7) is 0.810. The Morgan fingerprint density at radius 3 is 2.00 bits per heavy atom. The second-order valence-electron chi connectivity index (χ2n) is 10.0. The van der Waals surface area contributed by atoms with Gasteiger partial charge in [0.05, 0.1) is 31.3 Å². The third-order valence-electron chi connectivity index (χ3n) is 7.97. The molecule has 1 aliphatic heterocycles. The van der Waals surface area contributed by atoms with Gasteiger partial charge < -0.3 is 14.4 Å². The monoisotopic (exact) mass is 441 g/mol. The van der Waals surface area contributed by atoms with Crippen LogP contribution in [0.4, 0.5) is 0 Å². The zero-order valence-corrected chi connectivity index (χ0v) is 19.2. The van der Waals surface area contributed by atoms with E-state index in [1.165, 1.54) is 64.1 Å². The lowest BCUT2D eigenvalue weighted by Crippen LogP contribution is -2.47. The summed E-state index contributed by atoms with van der Waals surface area (Å²) < 4.78 is 10.2. The second kappa shape index (κ2) is 8.12. The minimum Gasteiger partial charge on any atom is -0.466 e. The predicted molar refractivity (Wildman–Crippen MR) is 119 cm³/mol. The molecule has 0 spiro atoms. The molecule has 2 heterocycles. The van der Waals surface area contributed by atoms with E-state index >= 15 is 0 Å². The molecule has 1 aromatic rings. The maximum absolute atomic E-state index is 12.7. The normalized spacial score (nSPS) is 31.9. The molecule has 4 aliphatic carbocycles. The average Bonchev–Trinajstić information content (AvgIpc) is 3.29. The summed E-state index contributed by atoms with van der Waals surface area (Å²) in [6, 6.07) is 3.89. The first-order valence-corrected chi connectivity index (χ1v) is 12.3. The van der Waals surface area contributed by atoms with E-state index in [9.17, 15) is 9.59 Å². The summed E-state index contributed by atoms with van der Waals surface area (Å²) in [5, 5.41) is 1.96. The molecule has 6 heteroatoms. The van der Waals surface area contributed by atoms with Gasteiger partial charge in [-0.1, -0.05) is 6.07 Å². The molecular weight excluding hydrogens is 410 g/mol. The molecule has 0 aromatic carbocycles. The molecule has 0 saturated heterocycles. The Balaban J connectivity index is 1.41. The van der Waals surface area contributed by atoms with Gasteiger partial charge in [-0.15, -0.1) is 11.3 Å². The summed E-state index contributed by atoms with van der Waals surface area (Å²) in [6.07, 6.45) is 13.3. The lowest BCUT2D eigenvalue weighted by atomic mass is 9.49. The van der Waals surface area contributed by atoms with E-state index in [0.29, 0.717) is 16.6 Å². The standard InChI is InChI=1S/C25H31NO4S/c1-29-23(27)19-14-26(15-20(24(28)30-2)22(19)21-4-3-7-31-21)6-5-25-11-16-8-17(12-25)10-18(9-16)13-25/h3-4,7,14-18,22H,5-6,8-13H2,1-2H3. The molecule has 166 valence electrons. The largest absolute Gasteiger partial charge is 0.466 e. The van der Waals surface area contributed by atoms with Crippen LogP contribution in [-0.4, -0.2) is 37.6 Å². The Hall–Kier alpha value is -2.08. The van der Waals surface area contributed by atoms with Crippen LogP contribution in [0.2, 0.25) is 0 Å². The summed E-state index contributed by atoms with van der Waals surface area (Å²) >= 11 is 1.53. The maximum atomic E-state index is 12.7. The fraction of sp³-hybridized carbons (Fsp3) is 0.600. The molecule has 0 atom stereocenters. The molecule has 4 saturated carbocycles. The van der Waals surface area contributed by atoms with Gasteiger partial charge in [0.2, 0.25) is 0 Å². The summed E-state index contributed by atoms with van der Waals surface area (Å²) in [5.74, 6) is 1.51. The van der Waals surface area contributed by atoms with Crippen molar-refractivity contribution in [3.05, 3.63) is 45.9 Å². The Morgan fingerprint density at radius 1 is 1.00 bits per heavy atom. The van der Waals surface area contributed by atoms with Gasteiger partial charge in [-0.2, -0.15) is 0 Å². The summed E-state index contributed by atoms with van der Waals surface area (Å²) in [4.78, 5) is 28.4. The van der Waals surface area contributed by atoms with Crippen molar-refractivity contribution in [2.75, 3.05) is 20.8 Å². The van der Waals surface area contributed by atoms with Crippen molar-refractivity contribution in [2.24, 2.45) is 23.2 Å². The van der Waals surface area contributed by atoms with E-state index in [2.05, 4.69) is 0 Å². The fourth-order valence-electron chi connectivity index (χ4n) is 7.14. The third kappa shape index (κ3) is 3.84. The van der Waals surface area contributed by atoms with Gasteiger partial charge in [-0.05, 0) is 79.6 Å². The molecule has 5 aliphatic rings. The number of esters is 2. The number of rotatable bonds is 6. The van der Waals surface area contributed by atoms with E-state index in [1.807, 2.05) is 34.8 Å². The van der Waals surface area contributed by atoms with E-state index in [-0.39, 0.29) is 0 Å². The van der Waals surface area contributed by atoms with Gasteiger partial charge in [0.15, 0.2) is 0 Å². The first-order chi connectivity index (χ1) is 15.0. The van der Waals surface area contributed by atoms with Gasteiger partial charge >= 0.3 is 11.9 Å². The van der Waals surface area contributed by atoms with Crippen LogP contribution in [0.15, 0.2) is 41.1 Å². The van der Waals surface area contributed by atoms with Crippen LogP contribution in [0.25, 0.3) is 0 Å². The van der Waals surface area contributed by atoms with Crippen LogP contribution in [0.5, 0.6) is 0 Å². The SMILES string of the molecule is COC(=O)C1=CN(CCC23CC4CC(CC(C4)C2)C3)C=C(C(=O)OC)C1c1cccs1. The van der Waals surface area contributed by atoms with Crippen molar-refractivity contribution in [3.8, 4) is 0 Å². The van der Waals surface area contributed by atoms with Crippen molar-refractivity contribution in [1.29, 1.82) is 0 Å². The number of thiophene rings is 1. The number of hydrogen-bond donors (Lipinski definition) is 0. The minimum absolute atomic E-state index is 0.396. The first kappa shape index (κ1) is 20.8. The summed E-state index contributed by atoms with van der Waals surface area (Å²) in [7, 11) is 2.79. The molecule has 4 fully saturated rings. The number of carbonyl (C=O) groups excluding carboxylic acids is 2. The highest BCUT2D eigenvalue weighted by molar-refractivity contribution is 7.10. The number of ether oxygens (including phenoxy) is 2. The molecule has 4 bridgehead atoms. The van der Waals surface area contributed by atoms with E-state index in [0.717, 1.165) is 35.6 Å². The van der Waals surface area contributed by atoms with Crippen molar-refractivity contribution >= 4 is 23.3 Å². The highest BCUT2D eigenvalue weighted by Gasteiger charge is 2.50. The van der Waals surface area contributed by atoms with Crippen LogP contribution in [0, 0.1) is 23.2 Å². The van der Waals surface area contributed by atoms with Gasteiger partial charge in [0.25, 0.3) is 0 Å². The number of carbonyl (C=O) groups is 2. The van der Waals surface area contributed by atoms with Crippen LogP contribution in [-0.2, 0) is 19.1 Å². The Bertz CT molecular complexity index is 847. The average molecular weight is 442 g/mol. The first-order valence-electron chi connectivity index (χ1n) is 11.4. The lowest BCUT2D eigenvalue weighted by molar-refractivity contribution is -0.137. The quantitative estimate of drug-likeness (QED) is 0.590. The molecule has 5 nitrogen and oxygen atoms in total. The van der Waals surface area contributed by atoms with Crippen LogP contribution >= 0.6 is 11.3 Å². The smallest absolute Gasteiger partial charge is 0.336 e.